The van der Waals surface area contributed by atoms with Gasteiger partial charge in [-0.2, -0.15) is 5.10 Å². The summed E-state index contributed by atoms with van der Waals surface area (Å²) in [6.45, 7) is 3.48. The molecule has 3 aromatic rings. The van der Waals surface area contributed by atoms with E-state index in [1.54, 1.807) is 10.9 Å². The lowest BCUT2D eigenvalue weighted by Gasteiger charge is -2.12. The third kappa shape index (κ3) is 2.95. The Hall–Kier alpha value is -2.18. The number of nitrogens with zero attached hydrogens (tertiary/aromatic N) is 4. The van der Waals surface area contributed by atoms with Gasteiger partial charge in [0.05, 0.1) is 23.4 Å². The number of anilines is 1. The predicted molar refractivity (Wildman–Crippen MR) is 93.9 cm³/mol. The van der Waals surface area contributed by atoms with Crippen molar-refractivity contribution in [2.75, 3.05) is 18.5 Å². The number of halogens is 1. The molecule has 124 valence electrons. The summed E-state index contributed by atoms with van der Waals surface area (Å²) in [6, 6.07) is 7.53. The van der Waals surface area contributed by atoms with Crippen LogP contribution in [0.4, 0.5) is 5.82 Å². The van der Waals surface area contributed by atoms with Crippen molar-refractivity contribution in [2.45, 2.75) is 25.9 Å². The van der Waals surface area contributed by atoms with Crippen molar-refractivity contribution in [3.8, 4) is 5.69 Å². The molecule has 24 heavy (non-hydrogen) atoms. The van der Waals surface area contributed by atoms with Crippen molar-refractivity contribution < 1.29 is 4.74 Å². The molecule has 6 nitrogen and oxygen atoms in total. The monoisotopic (exact) mass is 343 g/mol. The molecule has 1 aliphatic rings. The molecule has 1 aliphatic heterocycles. The number of hydrogen-bond donors (Lipinski definition) is 1. The molecule has 1 unspecified atom stereocenters. The third-order valence-corrected chi connectivity index (χ3v) is 4.38. The fraction of sp³-hybridized carbons (Fsp3) is 0.353. The summed E-state index contributed by atoms with van der Waals surface area (Å²) >= 11 is 5.97. The van der Waals surface area contributed by atoms with Crippen LogP contribution in [0.5, 0.6) is 0 Å². The van der Waals surface area contributed by atoms with Gasteiger partial charge in [-0.05, 0) is 44.0 Å². The highest BCUT2D eigenvalue weighted by Gasteiger charge is 2.17. The number of hydrogen-bond acceptors (Lipinski definition) is 5. The zero-order valence-corrected chi connectivity index (χ0v) is 14.1. The van der Waals surface area contributed by atoms with E-state index in [1.807, 2.05) is 31.2 Å². The Bertz CT molecular complexity index is 855. The normalized spacial score (nSPS) is 17.5. The first-order chi connectivity index (χ1) is 11.7. The number of nitrogens with one attached hydrogen (secondary N) is 1. The lowest BCUT2D eigenvalue weighted by atomic mass is 10.2. The molecule has 0 bridgehead atoms. The molecule has 7 heteroatoms. The largest absolute Gasteiger partial charge is 0.376 e. The van der Waals surface area contributed by atoms with E-state index in [9.17, 15) is 0 Å². The van der Waals surface area contributed by atoms with Crippen LogP contribution in [0, 0.1) is 6.92 Å². The molecule has 1 fully saturated rings. The van der Waals surface area contributed by atoms with Gasteiger partial charge < -0.3 is 10.1 Å². The Kier molecular flexibility index (Phi) is 4.08. The van der Waals surface area contributed by atoms with E-state index in [4.69, 9.17) is 16.3 Å². The number of aryl methyl sites for hydroxylation is 1. The Morgan fingerprint density at radius 1 is 1.29 bits per heavy atom. The van der Waals surface area contributed by atoms with Gasteiger partial charge in [0.2, 0.25) is 0 Å². The number of aromatic nitrogens is 4. The molecule has 1 N–H and O–H groups in total. The zero-order valence-electron chi connectivity index (χ0n) is 13.4. The van der Waals surface area contributed by atoms with Crippen LogP contribution >= 0.6 is 11.6 Å². The minimum Gasteiger partial charge on any atom is -0.376 e. The predicted octanol–water partition coefficient (Wildman–Crippen LogP) is 3.37. The number of fused-ring (bicyclic) bond motifs is 1. The Labute approximate surface area is 144 Å². The lowest BCUT2D eigenvalue weighted by Crippen LogP contribution is -2.19. The molecule has 0 spiro atoms. The summed E-state index contributed by atoms with van der Waals surface area (Å²) < 4.78 is 7.47. The van der Waals surface area contributed by atoms with E-state index >= 15 is 0 Å². The fourth-order valence-corrected chi connectivity index (χ4v) is 3.06. The van der Waals surface area contributed by atoms with Crippen LogP contribution in [0.2, 0.25) is 5.02 Å². The molecule has 1 saturated heterocycles. The zero-order chi connectivity index (χ0) is 16.5. The SMILES string of the molecule is Cc1nc(NCC2CCCO2)c2cnn(-c3ccc(Cl)cc3)c2n1. The van der Waals surface area contributed by atoms with Gasteiger partial charge in [-0.15, -0.1) is 0 Å². The molecule has 2 aromatic heterocycles. The highest BCUT2D eigenvalue weighted by Crippen LogP contribution is 2.24. The van der Waals surface area contributed by atoms with E-state index < -0.39 is 0 Å². The average Bonchev–Trinajstić information content (AvgIpc) is 3.23. The van der Waals surface area contributed by atoms with Gasteiger partial charge in [0.15, 0.2) is 5.65 Å². The molecule has 3 heterocycles. The van der Waals surface area contributed by atoms with E-state index in [2.05, 4.69) is 20.4 Å². The summed E-state index contributed by atoms with van der Waals surface area (Å²) in [5, 5.41) is 9.46. The molecule has 0 aliphatic carbocycles. The van der Waals surface area contributed by atoms with Crippen molar-refractivity contribution >= 4 is 28.5 Å². The van der Waals surface area contributed by atoms with Crippen molar-refractivity contribution in [1.29, 1.82) is 0 Å². The second-order valence-electron chi connectivity index (χ2n) is 5.91. The van der Waals surface area contributed by atoms with Crippen LogP contribution in [0.3, 0.4) is 0 Å². The maximum absolute atomic E-state index is 5.97. The number of benzene rings is 1. The van der Waals surface area contributed by atoms with Gasteiger partial charge in [-0.25, -0.2) is 14.6 Å². The highest BCUT2D eigenvalue weighted by molar-refractivity contribution is 6.30. The second kappa shape index (κ2) is 6.37. The molecule has 1 atom stereocenters. The summed E-state index contributed by atoms with van der Waals surface area (Å²) in [7, 11) is 0. The van der Waals surface area contributed by atoms with Crippen molar-refractivity contribution in [3.05, 3.63) is 41.3 Å². The first-order valence-electron chi connectivity index (χ1n) is 8.04. The van der Waals surface area contributed by atoms with Gasteiger partial charge >= 0.3 is 0 Å². The Morgan fingerprint density at radius 2 is 2.12 bits per heavy atom. The molecular weight excluding hydrogens is 326 g/mol. The van der Waals surface area contributed by atoms with E-state index in [0.717, 1.165) is 48.5 Å². The maximum atomic E-state index is 5.97. The molecule has 4 rings (SSSR count). The Morgan fingerprint density at radius 3 is 2.88 bits per heavy atom. The first kappa shape index (κ1) is 15.4. The van der Waals surface area contributed by atoms with E-state index in [1.165, 1.54) is 0 Å². The summed E-state index contributed by atoms with van der Waals surface area (Å²) in [4.78, 5) is 9.09. The van der Waals surface area contributed by atoms with Crippen molar-refractivity contribution in [1.82, 2.24) is 19.7 Å². The second-order valence-corrected chi connectivity index (χ2v) is 6.34. The van der Waals surface area contributed by atoms with Crippen LogP contribution < -0.4 is 5.32 Å². The molecule has 0 radical (unpaired) electrons. The standard InChI is InChI=1S/C17H18ClN5O/c1-11-21-16(19-9-14-3-2-8-24-14)15-10-20-23(17(15)22-11)13-6-4-12(18)5-7-13/h4-7,10,14H,2-3,8-9H2,1H3,(H,19,21,22). The van der Waals surface area contributed by atoms with Gasteiger partial charge in [-0.3, -0.25) is 0 Å². The van der Waals surface area contributed by atoms with Crippen molar-refractivity contribution in [3.63, 3.8) is 0 Å². The smallest absolute Gasteiger partial charge is 0.168 e. The maximum Gasteiger partial charge on any atom is 0.168 e. The van der Waals surface area contributed by atoms with Crippen LogP contribution in [-0.2, 0) is 4.74 Å². The molecular formula is C17H18ClN5O. The van der Waals surface area contributed by atoms with E-state index in [-0.39, 0.29) is 6.10 Å². The van der Waals surface area contributed by atoms with Gasteiger partial charge in [0, 0.05) is 18.2 Å². The van der Waals surface area contributed by atoms with Gasteiger partial charge in [0.25, 0.3) is 0 Å². The fourth-order valence-electron chi connectivity index (χ4n) is 2.94. The average molecular weight is 344 g/mol. The summed E-state index contributed by atoms with van der Waals surface area (Å²) in [5.41, 5.74) is 1.69. The summed E-state index contributed by atoms with van der Waals surface area (Å²) in [5.74, 6) is 1.50. The third-order valence-electron chi connectivity index (χ3n) is 4.13. The quantitative estimate of drug-likeness (QED) is 0.786. The van der Waals surface area contributed by atoms with E-state index in [0.29, 0.717) is 10.8 Å². The highest BCUT2D eigenvalue weighted by atomic mass is 35.5. The van der Waals surface area contributed by atoms with Crippen LogP contribution in [0.15, 0.2) is 30.5 Å². The molecule has 0 saturated carbocycles. The molecule has 0 amide bonds. The lowest BCUT2D eigenvalue weighted by molar-refractivity contribution is 0.120. The van der Waals surface area contributed by atoms with Gasteiger partial charge in [0.1, 0.15) is 11.6 Å². The minimum atomic E-state index is 0.252. The summed E-state index contributed by atoms with van der Waals surface area (Å²) in [6.07, 6.45) is 4.26. The Balaban J connectivity index is 1.69. The number of ether oxygens (including phenoxy) is 1. The van der Waals surface area contributed by atoms with Gasteiger partial charge in [-0.1, -0.05) is 11.6 Å². The number of rotatable bonds is 4. The van der Waals surface area contributed by atoms with Crippen LogP contribution in [0.1, 0.15) is 18.7 Å². The minimum absolute atomic E-state index is 0.252. The molecule has 1 aromatic carbocycles. The topological polar surface area (TPSA) is 64.9 Å². The van der Waals surface area contributed by atoms with Crippen molar-refractivity contribution in [2.24, 2.45) is 0 Å². The van der Waals surface area contributed by atoms with Crippen LogP contribution in [-0.4, -0.2) is 39.0 Å². The first-order valence-corrected chi connectivity index (χ1v) is 8.42. The van der Waals surface area contributed by atoms with Crippen LogP contribution in [0.25, 0.3) is 16.7 Å².